The first kappa shape index (κ1) is 17.3. The SMILES string of the molecule is CCOC(=O)c1ccc(NS(=O)(=O)c2c(C)noc2C)cc1Cl. The minimum absolute atomic E-state index is 0.0249. The van der Waals surface area contributed by atoms with Crippen molar-refractivity contribution < 1.29 is 22.5 Å². The van der Waals surface area contributed by atoms with E-state index in [2.05, 4.69) is 9.88 Å². The Morgan fingerprint density at radius 1 is 1.39 bits per heavy atom. The number of halogens is 1. The van der Waals surface area contributed by atoms with Crippen LogP contribution in [0, 0.1) is 13.8 Å². The minimum Gasteiger partial charge on any atom is -0.462 e. The molecule has 0 amide bonds. The summed E-state index contributed by atoms with van der Waals surface area (Å²) in [5.41, 5.74) is 0.626. The molecule has 0 aliphatic rings. The normalized spacial score (nSPS) is 11.3. The number of hydrogen-bond donors (Lipinski definition) is 1. The van der Waals surface area contributed by atoms with Gasteiger partial charge in [0.05, 0.1) is 22.9 Å². The number of rotatable bonds is 5. The monoisotopic (exact) mass is 358 g/mol. The number of aromatic nitrogens is 1. The highest BCUT2D eigenvalue weighted by Gasteiger charge is 2.24. The number of anilines is 1. The van der Waals surface area contributed by atoms with Crippen LogP contribution in [0.2, 0.25) is 5.02 Å². The van der Waals surface area contributed by atoms with Crippen LogP contribution < -0.4 is 4.72 Å². The number of ether oxygens (including phenoxy) is 1. The Morgan fingerprint density at radius 3 is 2.61 bits per heavy atom. The van der Waals surface area contributed by atoms with Crippen molar-refractivity contribution in [2.45, 2.75) is 25.7 Å². The molecule has 0 aliphatic carbocycles. The Morgan fingerprint density at radius 2 is 2.09 bits per heavy atom. The number of carbonyl (C=O) groups is 1. The third-order valence-corrected chi connectivity index (χ3v) is 4.89. The van der Waals surface area contributed by atoms with Gasteiger partial charge in [0.25, 0.3) is 10.0 Å². The summed E-state index contributed by atoms with van der Waals surface area (Å²) in [6, 6.07) is 4.16. The summed E-state index contributed by atoms with van der Waals surface area (Å²) in [6.45, 7) is 4.93. The van der Waals surface area contributed by atoms with Gasteiger partial charge in [0.1, 0.15) is 5.69 Å². The molecule has 0 radical (unpaired) electrons. The van der Waals surface area contributed by atoms with Gasteiger partial charge >= 0.3 is 5.97 Å². The van der Waals surface area contributed by atoms with Crippen molar-refractivity contribution in [2.24, 2.45) is 0 Å². The maximum absolute atomic E-state index is 12.4. The van der Waals surface area contributed by atoms with E-state index < -0.39 is 16.0 Å². The molecule has 23 heavy (non-hydrogen) atoms. The van der Waals surface area contributed by atoms with Gasteiger partial charge in [-0.25, -0.2) is 13.2 Å². The molecule has 2 aromatic rings. The Hall–Kier alpha value is -2.06. The first-order valence-electron chi connectivity index (χ1n) is 6.68. The lowest BCUT2D eigenvalue weighted by atomic mass is 10.2. The first-order valence-corrected chi connectivity index (χ1v) is 8.54. The smallest absolute Gasteiger partial charge is 0.339 e. The maximum Gasteiger partial charge on any atom is 0.339 e. The van der Waals surface area contributed by atoms with Gasteiger partial charge in [0.2, 0.25) is 0 Å². The number of hydrogen-bond acceptors (Lipinski definition) is 6. The van der Waals surface area contributed by atoms with Crippen LogP contribution in [-0.2, 0) is 14.8 Å². The minimum atomic E-state index is -3.87. The Bertz CT molecular complexity index is 825. The molecule has 9 heteroatoms. The molecule has 0 spiro atoms. The van der Waals surface area contributed by atoms with Crippen molar-refractivity contribution in [3.05, 3.63) is 40.2 Å². The summed E-state index contributed by atoms with van der Waals surface area (Å²) in [4.78, 5) is 11.6. The Kier molecular flexibility index (Phi) is 4.96. The van der Waals surface area contributed by atoms with Crippen LogP contribution >= 0.6 is 11.6 Å². The van der Waals surface area contributed by atoms with Crippen molar-refractivity contribution >= 4 is 33.3 Å². The number of carbonyl (C=O) groups excluding carboxylic acids is 1. The van der Waals surface area contributed by atoms with Crippen molar-refractivity contribution in [3.8, 4) is 0 Å². The number of nitrogens with one attached hydrogen (secondary N) is 1. The van der Waals surface area contributed by atoms with Crippen LogP contribution in [0.25, 0.3) is 0 Å². The zero-order valence-corrected chi connectivity index (χ0v) is 14.3. The average Bonchev–Trinajstić information content (AvgIpc) is 2.78. The van der Waals surface area contributed by atoms with Gasteiger partial charge in [-0.3, -0.25) is 4.72 Å². The summed E-state index contributed by atoms with van der Waals surface area (Å²) < 4.78 is 36.9. The molecule has 0 unspecified atom stereocenters. The molecule has 7 nitrogen and oxygen atoms in total. The van der Waals surface area contributed by atoms with Crippen molar-refractivity contribution in [1.29, 1.82) is 0 Å². The molecular weight excluding hydrogens is 344 g/mol. The number of sulfonamides is 1. The summed E-state index contributed by atoms with van der Waals surface area (Å²) in [5, 5.41) is 3.70. The molecule has 2 rings (SSSR count). The zero-order valence-electron chi connectivity index (χ0n) is 12.7. The number of esters is 1. The maximum atomic E-state index is 12.4. The molecule has 0 saturated carbocycles. The van der Waals surface area contributed by atoms with E-state index in [9.17, 15) is 13.2 Å². The van der Waals surface area contributed by atoms with E-state index >= 15 is 0 Å². The van der Waals surface area contributed by atoms with Crippen molar-refractivity contribution in [1.82, 2.24) is 5.16 Å². The molecule has 0 fully saturated rings. The van der Waals surface area contributed by atoms with Gasteiger partial charge in [-0.1, -0.05) is 16.8 Å². The third-order valence-electron chi connectivity index (χ3n) is 2.95. The highest BCUT2D eigenvalue weighted by molar-refractivity contribution is 7.92. The number of nitrogens with zero attached hydrogens (tertiary/aromatic N) is 1. The highest BCUT2D eigenvalue weighted by atomic mass is 35.5. The zero-order chi connectivity index (χ0) is 17.2. The molecule has 1 N–H and O–H groups in total. The fraction of sp³-hybridized carbons (Fsp3) is 0.286. The van der Waals surface area contributed by atoms with E-state index in [1.165, 1.54) is 32.0 Å². The Labute approximate surface area is 138 Å². The van der Waals surface area contributed by atoms with E-state index in [1.807, 2.05) is 0 Å². The molecule has 0 atom stereocenters. The second-order valence-electron chi connectivity index (χ2n) is 4.67. The van der Waals surface area contributed by atoms with Crippen LogP contribution in [0.5, 0.6) is 0 Å². The average molecular weight is 359 g/mol. The van der Waals surface area contributed by atoms with Gasteiger partial charge < -0.3 is 9.26 Å². The molecule has 0 saturated heterocycles. The van der Waals surface area contributed by atoms with Crippen molar-refractivity contribution in [3.63, 3.8) is 0 Å². The Balaban J connectivity index is 2.31. The van der Waals surface area contributed by atoms with E-state index in [4.69, 9.17) is 20.9 Å². The lowest BCUT2D eigenvalue weighted by molar-refractivity contribution is 0.0526. The summed E-state index contributed by atoms with van der Waals surface area (Å²) in [7, 11) is -3.87. The van der Waals surface area contributed by atoms with Crippen molar-refractivity contribution in [2.75, 3.05) is 11.3 Å². The number of aryl methyl sites for hydroxylation is 2. The summed E-state index contributed by atoms with van der Waals surface area (Å²) in [6.07, 6.45) is 0. The molecule has 0 aliphatic heterocycles. The first-order chi connectivity index (χ1) is 10.8. The highest BCUT2D eigenvalue weighted by Crippen LogP contribution is 2.26. The van der Waals surface area contributed by atoms with Gasteiger partial charge in [0.15, 0.2) is 10.7 Å². The standard InChI is InChI=1S/C14H15ClN2O5S/c1-4-21-14(18)11-6-5-10(7-12(11)15)17-23(19,20)13-8(2)16-22-9(13)3/h5-7,17H,4H2,1-3H3. The van der Waals surface area contributed by atoms with E-state index in [1.54, 1.807) is 6.92 Å². The lowest BCUT2D eigenvalue weighted by Crippen LogP contribution is -2.15. The number of benzene rings is 1. The van der Waals surface area contributed by atoms with Crippen LogP contribution in [0.1, 0.15) is 28.7 Å². The fourth-order valence-electron chi connectivity index (χ4n) is 2.02. The quantitative estimate of drug-likeness (QED) is 0.825. The fourth-order valence-corrected chi connectivity index (χ4v) is 3.66. The molecular formula is C14H15ClN2O5S. The van der Waals surface area contributed by atoms with Crippen LogP contribution in [0.4, 0.5) is 5.69 Å². The second-order valence-corrected chi connectivity index (χ2v) is 6.70. The molecule has 1 aromatic carbocycles. The predicted octanol–water partition coefficient (Wildman–Crippen LogP) is 2.92. The lowest BCUT2D eigenvalue weighted by Gasteiger charge is -2.09. The van der Waals surface area contributed by atoms with Gasteiger partial charge in [-0.15, -0.1) is 0 Å². The van der Waals surface area contributed by atoms with Gasteiger partial charge in [0, 0.05) is 0 Å². The molecule has 1 aromatic heterocycles. The van der Waals surface area contributed by atoms with E-state index in [-0.39, 0.29) is 39.2 Å². The third kappa shape index (κ3) is 3.65. The second kappa shape index (κ2) is 6.59. The summed E-state index contributed by atoms with van der Waals surface area (Å²) in [5.74, 6) is -0.387. The predicted molar refractivity (Wildman–Crippen MR) is 84.2 cm³/mol. The topological polar surface area (TPSA) is 98.5 Å². The largest absolute Gasteiger partial charge is 0.462 e. The van der Waals surface area contributed by atoms with Crippen LogP contribution in [0.3, 0.4) is 0 Å². The van der Waals surface area contributed by atoms with Crippen LogP contribution in [0.15, 0.2) is 27.6 Å². The molecule has 124 valence electrons. The van der Waals surface area contributed by atoms with E-state index in [0.717, 1.165) is 0 Å². The molecule has 0 bridgehead atoms. The summed E-state index contributed by atoms with van der Waals surface area (Å²) >= 11 is 6.01. The van der Waals surface area contributed by atoms with Crippen LogP contribution in [-0.4, -0.2) is 26.2 Å². The van der Waals surface area contributed by atoms with E-state index in [0.29, 0.717) is 0 Å². The van der Waals surface area contributed by atoms with Gasteiger partial charge in [-0.05, 0) is 39.0 Å². The van der Waals surface area contributed by atoms with Gasteiger partial charge in [-0.2, -0.15) is 0 Å². The molecule has 1 heterocycles.